The minimum atomic E-state index is -2.55. The number of halogens is 2. The zero-order valence-electron chi connectivity index (χ0n) is 18.3. The van der Waals surface area contributed by atoms with E-state index in [1.807, 2.05) is 18.2 Å². The van der Waals surface area contributed by atoms with Gasteiger partial charge in [-0.2, -0.15) is 0 Å². The third-order valence-electron chi connectivity index (χ3n) is 5.57. The van der Waals surface area contributed by atoms with E-state index in [0.29, 0.717) is 30.8 Å². The van der Waals surface area contributed by atoms with Gasteiger partial charge in [0.2, 0.25) is 0 Å². The average molecular weight is 436 g/mol. The van der Waals surface area contributed by atoms with Crippen molar-refractivity contribution in [2.75, 3.05) is 19.8 Å². The molecular weight excluding hydrogens is 400 g/mol. The first-order valence-electron chi connectivity index (χ1n) is 11.1. The Kier molecular flexibility index (Phi) is 10.4. The van der Waals surface area contributed by atoms with Crippen LogP contribution in [0.15, 0.2) is 42.5 Å². The molecule has 0 saturated carbocycles. The van der Waals surface area contributed by atoms with Crippen LogP contribution in [0.1, 0.15) is 63.0 Å². The van der Waals surface area contributed by atoms with Gasteiger partial charge in [-0.15, -0.1) is 0 Å². The lowest BCUT2D eigenvalue weighted by molar-refractivity contribution is 0.115. The van der Waals surface area contributed by atoms with Gasteiger partial charge in [-0.3, -0.25) is 0 Å². The Morgan fingerprint density at radius 1 is 1.00 bits per heavy atom. The minimum absolute atomic E-state index is 0.0374. The van der Waals surface area contributed by atoms with Crippen LogP contribution in [-0.2, 0) is 6.42 Å². The minimum Gasteiger partial charge on any atom is -0.494 e. The Labute approximate surface area is 184 Å². The summed E-state index contributed by atoms with van der Waals surface area (Å²) in [6, 6.07) is 12.0. The van der Waals surface area contributed by atoms with E-state index in [0.717, 1.165) is 24.0 Å². The lowest BCUT2D eigenvalue weighted by atomic mass is 9.90. The van der Waals surface area contributed by atoms with Crippen molar-refractivity contribution in [1.29, 1.82) is 0 Å². The third kappa shape index (κ3) is 7.87. The first kappa shape index (κ1) is 25.2. The summed E-state index contributed by atoms with van der Waals surface area (Å²) in [5, 5.41) is 19.0. The largest absolute Gasteiger partial charge is 0.494 e. The lowest BCUT2D eigenvalue weighted by Gasteiger charge is -2.25. The number of hydrogen-bond donors (Lipinski definition) is 3. The van der Waals surface area contributed by atoms with Crippen molar-refractivity contribution in [3.8, 4) is 16.9 Å². The van der Waals surface area contributed by atoms with E-state index in [9.17, 15) is 19.0 Å². The molecular formula is C25H35F2NO3. The normalized spacial score (nSPS) is 11.8. The topological polar surface area (TPSA) is 75.7 Å². The van der Waals surface area contributed by atoms with Crippen LogP contribution >= 0.6 is 0 Å². The van der Waals surface area contributed by atoms with Gasteiger partial charge in [0.1, 0.15) is 5.75 Å². The van der Waals surface area contributed by atoms with Gasteiger partial charge < -0.3 is 20.7 Å². The molecule has 0 amide bonds. The second kappa shape index (κ2) is 12.7. The Balaban J connectivity index is 2.23. The van der Waals surface area contributed by atoms with Gasteiger partial charge in [0.25, 0.3) is 6.43 Å². The van der Waals surface area contributed by atoms with E-state index in [4.69, 9.17) is 10.5 Å². The number of unbranched alkanes of at least 4 members (excludes halogenated alkanes) is 4. The van der Waals surface area contributed by atoms with Crippen LogP contribution in [0, 0.1) is 0 Å². The zero-order valence-corrected chi connectivity index (χ0v) is 18.3. The van der Waals surface area contributed by atoms with Gasteiger partial charge in [-0.05, 0) is 54.2 Å². The Morgan fingerprint density at radius 3 is 2.42 bits per heavy atom. The van der Waals surface area contributed by atoms with Crippen molar-refractivity contribution in [2.45, 2.75) is 63.8 Å². The maximum Gasteiger partial charge on any atom is 0.263 e. The standard InChI is InChI=1S/C25H35F2NO3/c1-2-3-4-5-6-14-31-22-11-10-19(12-13-25(28,17-29)18-30)23(16-22)20-8-7-9-21(15-20)24(26)27/h7-11,15-16,24,29-30H,2-6,12-14,17-18,28H2,1H3. The molecule has 0 fully saturated rings. The summed E-state index contributed by atoms with van der Waals surface area (Å²) in [5.74, 6) is 0.694. The van der Waals surface area contributed by atoms with Gasteiger partial charge in [-0.25, -0.2) is 8.78 Å². The van der Waals surface area contributed by atoms with E-state index in [-0.39, 0.29) is 18.8 Å². The fourth-order valence-electron chi connectivity index (χ4n) is 3.46. The number of ether oxygens (including phenoxy) is 1. The number of nitrogens with two attached hydrogens (primary N) is 1. The molecule has 0 heterocycles. The molecule has 0 atom stereocenters. The number of aliphatic hydroxyl groups excluding tert-OH is 2. The SMILES string of the molecule is CCCCCCCOc1ccc(CCC(N)(CO)CO)c(-c2cccc(C(F)F)c2)c1. The second-order valence-electron chi connectivity index (χ2n) is 8.19. The number of rotatable bonds is 14. The zero-order chi connectivity index (χ0) is 22.7. The van der Waals surface area contributed by atoms with E-state index in [1.54, 1.807) is 12.1 Å². The molecule has 0 spiro atoms. The van der Waals surface area contributed by atoms with Crippen LogP contribution in [0.5, 0.6) is 5.75 Å². The Bertz CT molecular complexity index is 794. The van der Waals surface area contributed by atoms with Gasteiger partial charge in [0.05, 0.1) is 25.4 Å². The highest BCUT2D eigenvalue weighted by atomic mass is 19.3. The van der Waals surface area contributed by atoms with Crippen molar-refractivity contribution >= 4 is 0 Å². The molecule has 0 aliphatic carbocycles. The summed E-state index contributed by atoms with van der Waals surface area (Å²) in [7, 11) is 0. The number of aliphatic hydroxyl groups is 2. The smallest absolute Gasteiger partial charge is 0.263 e. The van der Waals surface area contributed by atoms with Crippen LogP contribution in [0.2, 0.25) is 0 Å². The number of benzene rings is 2. The molecule has 0 aromatic heterocycles. The van der Waals surface area contributed by atoms with Gasteiger partial charge in [0.15, 0.2) is 0 Å². The van der Waals surface area contributed by atoms with Crippen LogP contribution in [0.3, 0.4) is 0 Å². The third-order valence-corrected chi connectivity index (χ3v) is 5.57. The summed E-state index contributed by atoms with van der Waals surface area (Å²) in [6.45, 7) is 2.12. The molecule has 4 N–H and O–H groups in total. The van der Waals surface area contributed by atoms with Crippen molar-refractivity contribution < 1.29 is 23.7 Å². The van der Waals surface area contributed by atoms with E-state index in [2.05, 4.69) is 6.92 Å². The van der Waals surface area contributed by atoms with Gasteiger partial charge >= 0.3 is 0 Å². The van der Waals surface area contributed by atoms with Crippen LogP contribution < -0.4 is 10.5 Å². The average Bonchev–Trinajstić information content (AvgIpc) is 2.80. The summed E-state index contributed by atoms with van der Waals surface area (Å²) in [4.78, 5) is 0. The number of aryl methyl sites for hydroxylation is 1. The van der Waals surface area contributed by atoms with Crippen molar-refractivity contribution in [2.24, 2.45) is 5.73 Å². The van der Waals surface area contributed by atoms with E-state index >= 15 is 0 Å². The number of hydrogen-bond acceptors (Lipinski definition) is 4. The molecule has 0 bridgehead atoms. The van der Waals surface area contributed by atoms with Crippen LogP contribution in [0.4, 0.5) is 8.78 Å². The summed E-state index contributed by atoms with van der Waals surface area (Å²) >= 11 is 0. The molecule has 0 aliphatic heterocycles. The predicted octanol–water partition coefficient (Wildman–Crippen LogP) is 5.26. The van der Waals surface area contributed by atoms with Gasteiger partial charge in [0, 0.05) is 5.56 Å². The molecule has 0 saturated heterocycles. The molecule has 2 rings (SSSR count). The monoisotopic (exact) mass is 435 g/mol. The van der Waals surface area contributed by atoms with Gasteiger partial charge in [-0.1, -0.05) is 56.9 Å². The molecule has 31 heavy (non-hydrogen) atoms. The molecule has 0 radical (unpaired) electrons. The van der Waals surface area contributed by atoms with Crippen LogP contribution in [0.25, 0.3) is 11.1 Å². The molecule has 0 aliphatic rings. The highest BCUT2D eigenvalue weighted by molar-refractivity contribution is 5.70. The fraction of sp³-hybridized carbons (Fsp3) is 0.520. The maximum absolute atomic E-state index is 13.2. The predicted molar refractivity (Wildman–Crippen MR) is 121 cm³/mol. The molecule has 6 heteroatoms. The Hall–Kier alpha value is -2.02. The van der Waals surface area contributed by atoms with Crippen LogP contribution in [-0.4, -0.2) is 35.6 Å². The maximum atomic E-state index is 13.2. The summed E-state index contributed by atoms with van der Waals surface area (Å²) < 4.78 is 32.4. The Morgan fingerprint density at radius 2 is 1.74 bits per heavy atom. The summed E-state index contributed by atoms with van der Waals surface area (Å²) in [6.07, 6.45) is 4.01. The summed E-state index contributed by atoms with van der Waals surface area (Å²) in [5.41, 5.74) is 7.27. The quantitative estimate of drug-likeness (QED) is 0.354. The number of alkyl halides is 2. The molecule has 2 aromatic carbocycles. The molecule has 0 unspecified atom stereocenters. The molecule has 172 valence electrons. The molecule has 2 aromatic rings. The highest BCUT2D eigenvalue weighted by Gasteiger charge is 2.23. The molecule has 4 nitrogen and oxygen atoms in total. The highest BCUT2D eigenvalue weighted by Crippen LogP contribution is 2.32. The van der Waals surface area contributed by atoms with Crippen molar-refractivity contribution in [3.63, 3.8) is 0 Å². The fourth-order valence-corrected chi connectivity index (χ4v) is 3.46. The van der Waals surface area contributed by atoms with Crippen molar-refractivity contribution in [1.82, 2.24) is 0 Å². The first-order chi connectivity index (χ1) is 14.9. The van der Waals surface area contributed by atoms with Crippen molar-refractivity contribution in [3.05, 3.63) is 53.6 Å². The van der Waals surface area contributed by atoms with E-state index in [1.165, 1.54) is 31.4 Å². The van der Waals surface area contributed by atoms with E-state index < -0.39 is 12.0 Å². The lowest BCUT2D eigenvalue weighted by Crippen LogP contribution is -2.47. The second-order valence-corrected chi connectivity index (χ2v) is 8.19. The first-order valence-corrected chi connectivity index (χ1v) is 11.1.